The summed E-state index contributed by atoms with van der Waals surface area (Å²) in [5.41, 5.74) is 0.0197. The topological polar surface area (TPSA) is 151 Å². The largest absolute Gasteiger partial charge is 0.444 e. The normalized spacial score (nSPS) is 14.8. The molecular formula is C30H43N3O7S. The molecule has 4 N–H and O–H groups in total. The van der Waals surface area contributed by atoms with Crippen molar-refractivity contribution < 1.29 is 32.6 Å². The fourth-order valence-electron chi connectivity index (χ4n) is 4.08. The van der Waals surface area contributed by atoms with Gasteiger partial charge in [0, 0.05) is 6.42 Å². The number of carbonyl (C=O) groups excluding carboxylic acids is 3. The monoisotopic (exact) mass is 589 g/mol. The summed E-state index contributed by atoms with van der Waals surface area (Å²) in [5, 5.41) is 18.8. The first-order valence-corrected chi connectivity index (χ1v) is 15.3. The van der Waals surface area contributed by atoms with Crippen molar-refractivity contribution in [3.05, 3.63) is 66.2 Å². The fraction of sp³-hybridized carbons (Fsp3) is 0.500. The van der Waals surface area contributed by atoms with E-state index in [1.165, 1.54) is 19.1 Å². The van der Waals surface area contributed by atoms with Crippen molar-refractivity contribution in [3.8, 4) is 0 Å². The Morgan fingerprint density at radius 3 is 1.95 bits per heavy atom. The number of nitrogens with one attached hydrogen (secondary N) is 3. The molecule has 0 aliphatic carbocycles. The predicted octanol–water partition coefficient (Wildman–Crippen LogP) is 2.99. The Hall–Kier alpha value is -3.44. The quantitative estimate of drug-likeness (QED) is 0.280. The van der Waals surface area contributed by atoms with Crippen molar-refractivity contribution in [1.29, 1.82) is 0 Å². The van der Waals surface area contributed by atoms with Crippen molar-refractivity contribution in [2.24, 2.45) is 5.92 Å². The molecule has 0 aliphatic rings. The third kappa shape index (κ3) is 11.9. The van der Waals surface area contributed by atoms with Crippen LogP contribution in [0.2, 0.25) is 0 Å². The van der Waals surface area contributed by atoms with E-state index in [1.807, 2.05) is 44.2 Å². The van der Waals surface area contributed by atoms with Gasteiger partial charge in [-0.15, -0.1) is 0 Å². The van der Waals surface area contributed by atoms with Crippen molar-refractivity contribution in [2.75, 3.05) is 5.75 Å². The molecule has 3 amide bonds. The van der Waals surface area contributed by atoms with E-state index < -0.39 is 63.3 Å². The summed E-state index contributed by atoms with van der Waals surface area (Å²) in [5.74, 6) is -1.74. The van der Waals surface area contributed by atoms with Crippen LogP contribution in [0.5, 0.6) is 0 Å². The lowest BCUT2D eigenvalue weighted by molar-refractivity contribution is -0.130. The summed E-state index contributed by atoms with van der Waals surface area (Å²) < 4.78 is 31.0. The van der Waals surface area contributed by atoms with E-state index in [0.29, 0.717) is 6.42 Å². The van der Waals surface area contributed by atoms with Crippen LogP contribution in [0.3, 0.4) is 0 Å². The summed E-state index contributed by atoms with van der Waals surface area (Å²) in [6.45, 7) is 10.4. The molecule has 4 atom stereocenters. The smallest absolute Gasteiger partial charge is 0.408 e. The first kappa shape index (κ1) is 33.8. The van der Waals surface area contributed by atoms with Crippen LogP contribution >= 0.6 is 0 Å². The summed E-state index contributed by atoms with van der Waals surface area (Å²) >= 11 is 0. The molecule has 2 rings (SSSR count). The molecule has 2 aromatic rings. The summed E-state index contributed by atoms with van der Waals surface area (Å²) in [6.07, 6.45) is -1.68. The Morgan fingerprint density at radius 2 is 1.41 bits per heavy atom. The van der Waals surface area contributed by atoms with Gasteiger partial charge < -0.3 is 25.8 Å². The van der Waals surface area contributed by atoms with Gasteiger partial charge in [0.1, 0.15) is 17.7 Å². The highest BCUT2D eigenvalue weighted by Gasteiger charge is 2.31. The highest BCUT2D eigenvalue weighted by atomic mass is 32.2. The zero-order valence-corrected chi connectivity index (χ0v) is 25.4. The highest BCUT2D eigenvalue weighted by Crippen LogP contribution is 2.16. The van der Waals surface area contributed by atoms with Gasteiger partial charge in [0.15, 0.2) is 9.84 Å². The van der Waals surface area contributed by atoms with Gasteiger partial charge in [-0.2, -0.15) is 0 Å². The first-order valence-electron chi connectivity index (χ1n) is 13.7. The number of carbonyl (C=O) groups is 3. The van der Waals surface area contributed by atoms with Crippen LogP contribution in [0.15, 0.2) is 65.6 Å². The molecule has 226 valence electrons. The number of benzene rings is 2. The molecule has 0 saturated carbocycles. The molecule has 0 spiro atoms. The van der Waals surface area contributed by atoms with Crippen molar-refractivity contribution in [3.63, 3.8) is 0 Å². The standard InChI is InChI=1S/C30H43N3O7S/c1-20(2)17-24(26(34)19-41(38,39)23-15-11-8-12-16-23)32-27(35)21(3)31-28(36)25(18-22-13-9-7-10-14-22)33-29(37)40-30(4,5)6/h7-16,20-21,24-26,34H,17-19H2,1-6H3,(H,31,36)(H,32,35)(H,33,37)/t21-,24+,25-,26+/m0/s1. The van der Waals surface area contributed by atoms with Crippen molar-refractivity contribution >= 4 is 27.7 Å². The van der Waals surface area contributed by atoms with Crippen LogP contribution in [0, 0.1) is 5.92 Å². The van der Waals surface area contributed by atoms with Crippen LogP contribution in [-0.4, -0.2) is 67.0 Å². The van der Waals surface area contributed by atoms with E-state index in [4.69, 9.17) is 4.74 Å². The van der Waals surface area contributed by atoms with E-state index in [9.17, 15) is 27.9 Å². The molecule has 2 aromatic carbocycles. The van der Waals surface area contributed by atoms with Crippen LogP contribution in [0.1, 0.15) is 53.5 Å². The molecule has 0 unspecified atom stereocenters. The molecule has 0 saturated heterocycles. The molecule has 0 aromatic heterocycles. The minimum atomic E-state index is -3.80. The van der Waals surface area contributed by atoms with Gasteiger partial charge >= 0.3 is 6.09 Å². The van der Waals surface area contributed by atoms with E-state index in [1.54, 1.807) is 39.0 Å². The maximum absolute atomic E-state index is 13.2. The second-order valence-corrected chi connectivity index (χ2v) is 13.6. The molecule has 41 heavy (non-hydrogen) atoms. The molecule has 0 aliphatic heterocycles. The van der Waals surface area contributed by atoms with Crippen molar-refractivity contribution in [1.82, 2.24) is 16.0 Å². The van der Waals surface area contributed by atoms with Crippen molar-refractivity contribution in [2.45, 2.75) is 89.1 Å². The van der Waals surface area contributed by atoms with Crippen LogP contribution in [0.4, 0.5) is 4.79 Å². The van der Waals surface area contributed by atoms with Gasteiger partial charge in [0.05, 0.1) is 22.8 Å². The van der Waals surface area contributed by atoms with E-state index in [0.717, 1.165) is 5.56 Å². The number of amides is 3. The molecular weight excluding hydrogens is 546 g/mol. The SMILES string of the molecule is CC(C)C[C@@H](NC(=O)[C@H](C)NC(=O)[C@H](Cc1ccccc1)NC(=O)OC(C)(C)C)[C@H](O)CS(=O)(=O)c1ccccc1. The second-order valence-electron chi connectivity index (χ2n) is 11.5. The lowest BCUT2D eigenvalue weighted by Crippen LogP contribution is -2.56. The molecule has 10 nitrogen and oxygen atoms in total. The van der Waals surface area contributed by atoms with Gasteiger partial charge in [-0.1, -0.05) is 62.4 Å². The Bertz CT molecular complexity index is 1250. The second kappa shape index (κ2) is 15.0. The highest BCUT2D eigenvalue weighted by molar-refractivity contribution is 7.91. The molecule has 11 heteroatoms. The maximum Gasteiger partial charge on any atom is 0.408 e. The number of hydrogen-bond donors (Lipinski definition) is 4. The Kier molecular flexibility index (Phi) is 12.3. The lowest BCUT2D eigenvalue weighted by atomic mass is 9.99. The number of hydrogen-bond acceptors (Lipinski definition) is 7. The number of sulfone groups is 1. The Labute approximate surface area is 243 Å². The third-order valence-corrected chi connectivity index (χ3v) is 7.82. The minimum absolute atomic E-state index is 0.0348. The van der Waals surface area contributed by atoms with Gasteiger partial charge in [0.25, 0.3) is 0 Å². The summed E-state index contributed by atoms with van der Waals surface area (Å²) in [4.78, 5) is 38.9. The lowest BCUT2D eigenvalue weighted by Gasteiger charge is -2.28. The van der Waals surface area contributed by atoms with Gasteiger partial charge in [-0.05, 0) is 57.7 Å². The molecule has 0 radical (unpaired) electrons. The number of aliphatic hydroxyl groups is 1. The fourth-order valence-corrected chi connectivity index (χ4v) is 5.53. The average molecular weight is 590 g/mol. The van der Waals surface area contributed by atoms with Crippen LogP contribution < -0.4 is 16.0 Å². The van der Waals surface area contributed by atoms with E-state index in [2.05, 4.69) is 16.0 Å². The van der Waals surface area contributed by atoms with Crippen LogP contribution in [-0.2, 0) is 30.6 Å². The third-order valence-electron chi connectivity index (χ3n) is 6.05. The number of aliphatic hydroxyl groups excluding tert-OH is 1. The Balaban J connectivity index is 2.12. The zero-order chi connectivity index (χ0) is 30.8. The number of alkyl carbamates (subject to hydrolysis) is 1. The Morgan fingerprint density at radius 1 is 0.854 bits per heavy atom. The molecule has 0 bridgehead atoms. The first-order chi connectivity index (χ1) is 19.1. The van der Waals surface area contributed by atoms with Gasteiger partial charge in [0.2, 0.25) is 11.8 Å². The van der Waals surface area contributed by atoms with E-state index in [-0.39, 0.29) is 17.2 Å². The number of rotatable bonds is 13. The average Bonchev–Trinajstić information content (AvgIpc) is 2.87. The molecule has 0 heterocycles. The maximum atomic E-state index is 13.2. The molecule has 0 fully saturated rings. The predicted molar refractivity (Wildman–Crippen MR) is 157 cm³/mol. The zero-order valence-electron chi connectivity index (χ0n) is 24.6. The van der Waals surface area contributed by atoms with Gasteiger partial charge in [-0.3, -0.25) is 9.59 Å². The summed E-state index contributed by atoms with van der Waals surface area (Å²) in [7, 11) is -3.80. The van der Waals surface area contributed by atoms with Crippen LogP contribution in [0.25, 0.3) is 0 Å². The minimum Gasteiger partial charge on any atom is -0.444 e. The van der Waals surface area contributed by atoms with E-state index >= 15 is 0 Å². The number of ether oxygens (including phenoxy) is 1. The van der Waals surface area contributed by atoms with Gasteiger partial charge in [-0.25, -0.2) is 13.2 Å². The summed E-state index contributed by atoms with van der Waals surface area (Å²) in [6, 6.07) is 13.9.